The van der Waals surface area contributed by atoms with E-state index >= 15 is 0 Å². The van der Waals surface area contributed by atoms with Gasteiger partial charge in [0.1, 0.15) is 57.7 Å². The van der Waals surface area contributed by atoms with Crippen molar-refractivity contribution in [1.82, 2.24) is 19.9 Å². The normalized spacial score (nSPS) is 20.1. The van der Waals surface area contributed by atoms with Crippen LogP contribution < -0.4 is 19.3 Å². The molecule has 0 spiro atoms. The summed E-state index contributed by atoms with van der Waals surface area (Å²) in [5.74, 6) is 1.36. The molecule has 4 aromatic carbocycles. The number of rotatable bonds is 8. The number of imidazole rings is 2. The molecule has 2 atom stereocenters. The van der Waals surface area contributed by atoms with Gasteiger partial charge >= 0.3 is 0 Å². The van der Waals surface area contributed by atoms with E-state index < -0.39 is 22.9 Å². The molecule has 0 radical (unpaired) electrons. The van der Waals surface area contributed by atoms with Crippen LogP contribution in [0.2, 0.25) is 0 Å². The number of Topliss-reactive ketones (excluding diaryl/α,β-unsaturated/α-hetero) is 2. The number of nitrogens with one attached hydrogen (secondary N) is 3. The first-order valence-electron chi connectivity index (χ1n) is 18.3. The summed E-state index contributed by atoms with van der Waals surface area (Å²) in [5.41, 5.74) is 5.85. The van der Waals surface area contributed by atoms with E-state index in [9.17, 15) is 15.0 Å². The van der Waals surface area contributed by atoms with Crippen LogP contribution in [0.25, 0.3) is 22.1 Å². The summed E-state index contributed by atoms with van der Waals surface area (Å²) in [5, 5.41) is 9.28. The quantitative estimate of drug-likeness (QED) is 0.148. The molecule has 6 aromatic rings. The molecule has 8 rings (SSSR count). The van der Waals surface area contributed by atoms with Gasteiger partial charge in [-0.25, -0.2) is 9.97 Å². The maximum atomic E-state index is 14.2. The SMILES string of the molecule is CN=C1C(c2nc3ccc(Cc4cc(C)cc(N5C(=N)C(c6nc7ccccc7[nH]6)C(=O)C5(C)C)c4)cc3[nH]2)C(=O)C(C)(C)N1c1ccc(OC)cc1OC. The van der Waals surface area contributed by atoms with E-state index in [1.807, 2.05) is 99.0 Å². The van der Waals surface area contributed by atoms with E-state index in [4.69, 9.17) is 19.4 Å². The summed E-state index contributed by atoms with van der Waals surface area (Å²) in [4.78, 5) is 52.9. The number of aliphatic imine (C=N–C) groups is 1. The Morgan fingerprint density at radius 3 is 2.15 bits per heavy atom. The number of fused-ring (bicyclic) bond motifs is 2. The lowest BCUT2D eigenvalue weighted by Gasteiger charge is -2.33. The monoisotopic (exact) mass is 736 g/mol. The average Bonchev–Trinajstić information content (AvgIpc) is 3.86. The number of nitrogens with zero attached hydrogens (tertiary/aromatic N) is 5. The van der Waals surface area contributed by atoms with Crippen LogP contribution in [0.5, 0.6) is 11.5 Å². The van der Waals surface area contributed by atoms with Gasteiger partial charge in [-0.2, -0.15) is 0 Å². The van der Waals surface area contributed by atoms with E-state index in [0.29, 0.717) is 41.1 Å². The summed E-state index contributed by atoms with van der Waals surface area (Å²) >= 11 is 0. The molecule has 2 aromatic heterocycles. The Bertz CT molecular complexity index is 2550. The van der Waals surface area contributed by atoms with Crippen molar-refractivity contribution in [2.24, 2.45) is 4.99 Å². The van der Waals surface area contributed by atoms with Crippen LogP contribution >= 0.6 is 0 Å². The molecule has 2 fully saturated rings. The summed E-state index contributed by atoms with van der Waals surface area (Å²) in [7, 11) is 4.88. The van der Waals surface area contributed by atoms with Crippen LogP contribution in [0.15, 0.2) is 83.9 Å². The lowest BCUT2D eigenvalue weighted by Crippen LogP contribution is -2.44. The van der Waals surface area contributed by atoms with Crippen molar-refractivity contribution < 1.29 is 19.1 Å². The molecule has 12 heteroatoms. The molecule has 2 saturated heterocycles. The van der Waals surface area contributed by atoms with Crippen molar-refractivity contribution in [3.63, 3.8) is 0 Å². The molecule has 4 heterocycles. The van der Waals surface area contributed by atoms with Crippen LogP contribution in [0.1, 0.15) is 67.9 Å². The number of ether oxygens (including phenoxy) is 2. The van der Waals surface area contributed by atoms with Crippen molar-refractivity contribution in [2.75, 3.05) is 31.1 Å². The Kier molecular flexibility index (Phi) is 8.40. The molecule has 2 aliphatic rings. The topological polar surface area (TPSA) is 153 Å². The zero-order chi connectivity index (χ0) is 39.0. The van der Waals surface area contributed by atoms with E-state index in [2.05, 4.69) is 33.2 Å². The number of amidine groups is 2. The number of para-hydroxylation sites is 2. The number of carbonyl (C=O) groups excluding carboxylic acids is 2. The highest BCUT2D eigenvalue weighted by Crippen LogP contribution is 2.45. The molecule has 55 heavy (non-hydrogen) atoms. The minimum atomic E-state index is -0.960. The number of anilines is 2. The average molecular weight is 737 g/mol. The summed E-state index contributed by atoms with van der Waals surface area (Å²) in [6.07, 6.45) is 0.601. The molecular formula is C43H44N8O4. The second-order valence-corrected chi connectivity index (χ2v) is 15.4. The van der Waals surface area contributed by atoms with E-state index in [1.54, 1.807) is 27.3 Å². The van der Waals surface area contributed by atoms with Crippen LogP contribution in [-0.2, 0) is 16.0 Å². The Hall–Kier alpha value is -6.30. The zero-order valence-electron chi connectivity index (χ0n) is 32.2. The van der Waals surface area contributed by atoms with Gasteiger partial charge in [0, 0.05) is 18.8 Å². The van der Waals surface area contributed by atoms with Gasteiger partial charge in [-0.05, 0) is 106 Å². The fourth-order valence-electron chi connectivity index (χ4n) is 8.34. The Morgan fingerprint density at radius 2 is 1.44 bits per heavy atom. The lowest BCUT2D eigenvalue weighted by molar-refractivity contribution is -0.122. The van der Waals surface area contributed by atoms with Crippen molar-refractivity contribution in [3.8, 4) is 11.5 Å². The molecule has 2 unspecified atom stereocenters. The number of hydrogen-bond donors (Lipinski definition) is 3. The second kappa shape index (κ2) is 12.9. The molecule has 3 N–H and O–H groups in total. The highest BCUT2D eigenvalue weighted by Gasteiger charge is 2.55. The van der Waals surface area contributed by atoms with Gasteiger partial charge in [0.05, 0.1) is 42.0 Å². The largest absolute Gasteiger partial charge is 0.497 e. The zero-order valence-corrected chi connectivity index (χ0v) is 32.2. The van der Waals surface area contributed by atoms with E-state index in [-0.39, 0.29) is 17.4 Å². The molecule has 0 aliphatic carbocycles. The second-order valence-electron chi connectivity index (χ2n) is 15.4. The number of carbonyl (C=O) groups is 2. The van der Waals surface area contributed by atoms with Gasteiger partial charge in [-0.15, -0.1) is 0 Å². The fourth-order valence-corrected chi connectivity index (χ4v) is 8.34. The molecule has 280 valence electrons. The van der Waals surface area contributed by atoms with Gasteiger partial charge in [-0.1, -0.05) is 24.3 Å². The molecule has 0 saturated carbocycles. The van der Waals surface area contributed by atoms with Crippen molar-refractivity contribution in [1.29, 1.82) is 5.41 Å². The summed E-state index contributed by atoms with van der Waals surface area (Å²) in [6, 6.07) is 25.5. The maximum Gasteiger partial charge on any atom is 0.176 e. The van der Waals surface area contributed by atoms with E-state index in [1.165, 1.54) is 0 Å². The first kappa shape index (κ1) is 35.7. The maximum absolute atomic E-state index is 14.2. The Labute approximate surface area is 319 Å². The van der Waals surface area contributed by atoms with Gasteiger partial charge < -0.3 is 29.2 Å². The van der Waals surface area contributed by atoms with Crippen LogP contribution in [0, 0.1) is 12.3 Å². The van der Waals surface area contributed by atoms with Gasteiger partial charge in [0.25, 0.3) is 0 Å². The van der Waals surface area contributed by atoms with Gasteiger partial charge in [0.15, 0.2) is 11.6 Å². The first-order chi connectivity index (χ1) is 26.3. The van der Waals surface area contributed by atoms with Crippen molar-refractivity contribution in [3.05, 3.63) is 107 Å². The minimum absolute atomic E-state index is 0.0333. The molecule has 12 nitrogen and oxygen atoms in total. The van der Waals surface area contributed by atoms with Crippen molar-refractivity contribution >= 4 is 56.7 Å². The predicted molar refractivity (Wildman–Crippen MR) is 215 cm³/mol. The molecular weight excluding hydrogens is 693 g/mol. The van der Waals surface area contributed by atoms with Gasteiger partial charge in [-0.3, -0.25) is 20.0 Å². The van der Waals surface area contributed by atoms with E-state index in [0.717, 1.165) is 44.4 Å². The molecule has 2 aliphatic heterocycles. The minimum Gasteiger partial charge on any atom is -0.497 e. The number of aryl methyl sites for hydroxylation is 1. The third kappa shape index (κ3) is 5.66. The third-order valence-electron chi connectivity index (χ3n) is 11.0. The Morgan fingerprint density at radius 1 is 0.764 bits per heavy atom. The number of benzene rings is 4. The number of hydrogen-bond acceptors (Lipinski definition) is 8. The highest BCUT2D eigenvalue weighted by molar-refractivity contribution is 6.27. The predicted octanol–water partition coefficient (Wildman–Crippen LogP) is 7.26. The molecule has 0 amide bonds. The standard InChI is InChI=1S/C43H44N8O4/c1-23-17-25(20-26(18-23)50-38(44)34(36(52)42(50,2)3)39-46-28-11-9-10-12-29(28)47-39)19-24-13-15-30-31(21-24)49-40(48-30)35-37(53)43(4,5)51(41(35)45-6)32-16-14-27(54-7)22-33(32)55-8/h9-18,20-22,34-35,44H,19H2,1-8H3,(H,46,47)(H,48,49). The molecule has 0 bridgehead atoms. The number of methoxy groups -OCH3 is 2. The number of H-pyrrole nitrogens is 2. The van der Waals surface area contributed by atoms with Crippen molar-refractivity contribution in [2.45, 2.75) is 64.0 Å². The Balaban J connectivity index is 1.09. The van der Waals surface area contributed by atoms with Gasteiger partial charge in [0.2, 0.25) is 0 Å². The fraction of sp³-hybridized carbons (Fsp3) is 0.302. The number of ketones is 2. The van der Waals surface area contributed by atoms with Crippen LogP contribution in [-0.4, -0.2) is 75.5 Å². The first-order valence-corrected chi connectivity index (χ1v) is 18.3. The van der Waals surface area contributed by atoms with Crippen LogP contribution in [0.4, 0.5) is 11.4 Å². The highest BCUT2D eigenvalue weighted by atomic mass is 16.5. The lowest BCUT2D eigenvalue weighted by atomic mass is 9.93. The summed E-state index contributed by atoms with van der Waals surface area (Å²) in [6.45, 7) is 9.55. The number of aromatic amines is 2. The third-order valence-corrected chi connectivity index (χ3v) is 11.0. The summed E-state index contributed by atoms with van der Waals surface area (Å²) < 4.78 is 11.1. The van der Waals surface area contributed by atoms with Crippen LogP contribution in [0.3, 0.4) is 0 Å². The number of aromatic nitrogens is 4. The smallest absolute Gasteiger partial charge is 0.176 e.